The van der Waals surface area contributed by atoms with Crippen LogP contribution in [0.2, 0.25) is 0 Å². The van der Waals surface area contributed by atoms with Crippen LogP contribution in [-0.4, -0.2) is 73.7 Å². The maximum Gasteiger partial charge on any atom is 0.337 e. The molecule has 0 bridgehead atoms. The Morgan fingerprint density at radius 3 is 2.42 bits per heavy atom. The fraction of sp³-hybridized carbons (Fsp3) is 0.292. The average molecular weight is 452 g/mol. The number of amides is 1. The number of benzene rings is 2. The van der Waals surface area contributed by atoms with E-state index >= 15 is 0 Å². The normalized spacial score (nSPS) is 18.8. The van der Waals surface area contributed by atoms with E-state index in [2.05, 4.69) is 0 Å². The van der Waals surface area contributed by atoms with E-state index in [0.717, 1.165) is 0 Å². The van der Waals surface area contributed by atoms with Gasteiger partial charge >= 0.3 is 5.97 Å². The zero-order valence-electron chi connectivity index (χ0n) is 18.5. The number of hydrogen-bond acceptors (Lipinski definition) is 8. The second kappa shape index (κ2) is 8.95. The van der Waals surface area contributed by atoms with Crippen LogP contribution in [0, 0.1) is 0 Å². The lowest BCUT2D eigenvalue weighted by molar-refractivity contribution is -0.140. The summed E-state index contributed by atoms with van der Waals surface area (Å²) in [5.41, 5.74) is 1.23. The van der Waals surface area contributed by atoms with Crippen LogP contribution in [0.15, 0.2) is 48.0 Å². The number of methoxy groups -OCH3 is 1. The Morgan fingerprint density at radius 1 is 1.09 bits per heavy atom. The summed E-state index contributed by atoms with van der Waals surface area (Å²) < 4.78 is 15.4. The first-order chi connectivity index (χ1) is 15.8. The molecule has 2 aromatic carbocycles. The second-order valence-electron chi connectivity index (χ2n) is 7.98. The summed E-state index contributed by atoms with van der Waals surface area (Å²) in [5, 5.41) is 11.1. The zero-order chi connectivity index (χ0) is 23.7. The lowest BCUT2D eigenvalue weighted by atomic mass is 9.94. The number of fused-ring (bicyclic) bond motifs is 1. The van der Waals surface area contributed by atoms with Crippen LogP contribution in [0.1, 0.15) is 27.5 Å². The van der Waals surface area contributed by atoms with Crippen LogP contribution in [0.3, 0.4) is 0 Å². The smallest absolute Gasteiger partial charge is 0.337 e. The van der Waals surface area contributed by atoms with Gasteiger partial charge in [-0.2, -0.15) is 0 Å². The Hall–Kier alpha value is -3.85. The van der Waals surface area contributed by atoms with Crippen molar-refractivity contribution < 1.29 is 33.7 Å². The molecule has 2 aliphatic heterocycles. The summed E-state index contributed by atoms with van der Waals surface area (Å²) >= 11 is 0. The molecule has 2 aliphatic rings. The number of nitrogens with zero attached hydrogens (tertiary/aromatic N) is 2. The van der Waals surface area contributed by atoms with Crippen LogP contribution in [0.4, 0.5) is 0 Å². The summed E-state index contributed by atoms with van der Waals surface area (Å²) in [6, 6.07) is 10.4. The SMILES string of the molecule is COC(=O)c1ccc(C2/C(=C(\O)c3ccc4c(c3)OCO4)C(=O)C(=O)N2CCN(C)C)cc1. The number of carbonyl (C=O) groups excluding carboxylic acids is 3. The number of likely N-dealkylation sites (N-methyl/N-ethyl adjacent to an activating group) is 1. The predicted molar refractivity (Wildman–Crippen MR) is 118 cm³/mol. The molecule has 1 saturated heterocycles. The van der Waals surface area contributed by atoms with E-state index < -0.39 is 23.7 Å². The molecule has 1 amide bonds. The van der Waals surface area contributed by atoms with E-state index in [1.54, 1.807) is 42.5 Å². The molecule has 172 valence electrons. The maximum absolute atomic E-state index is 13.1. The lowest BCUT2D eigenvalue weighted by Gasteiger charge is -2.26. The molecule has 1 atom stereocenters. The van der Waals surface area contributed by atoms with Gasteiger partial charge in [0.2, 0.25) is 6.79 Å². The quantitative estimate of drug-likeness (QED) is 0.308. The molecule has 2 heterocycles. The molecule has 9 nitrogen and oxygen atoms in total. The van der Waals surface area contributed by atoms with E-state index in [1.807, 2.05) is 19.0 Å². The number of aliphatic hydroxyl groups is 1. The van der Waals surface area contributed by atoms with E-state index in [9.17, 15) is 19.5 Å². The van der Waals surface area contributed by atoms with E-state index in [1.165, 1.54) is 12.0 Å². The summed E-state index contributed by atoms with van der Waals surface area (Å²) in [4.78, 5) is 41.2. The van der Waals surface area contributed by atoms with Crippen molar-refractivity contribution in [2.75, 3.05) is 41.1 Å². The van der Waals surface area contributed by atoms with Crippen molar-refractivity contribution >= 4 is 23.4 Å². The molecular weight excluding hydrogens is 428 g/mol. The van der Waals surface area contributed by atoms with Gasteiger partial charge in [0.1, 0.15) is 5.76 Å². The van der Waals surface area contributed by atoms with Gasteiger partial charge < -0.3 is 29.1 Å². The van der Waals surface area contributed by atoms with Crippen molar-refractivity contribution in [3.05, 3.63) is 64.7 Å². The van der Waals surface area contributed by atoms with Crippen molar-refractivity contribution in [3.8, 4) is 11.5 Å². The molecular formula is C24H24N2O7. The largest absolute Gasteiger partial charge is 0.507 e. The monoisotopic (exact) mass is 452 g/mol. The number of esters is 1. The van der Waals surface area contributed by atoms with Crippen LogP contribution >= 0.6 is 0 Å². The number of Topliss-reactive ketones (excluding diaryl/α,β-unsaturated/α-hetero) is 1. The van der Waals surface area contributed by atoms with Crippen molar-refractivity contribution in [3.63, 3.8) is 0 Å². The number of ketones is 1. The van der Waals surface area contributed by atoms with Gasteiger partial charge in [-0.1, -0.05) is 12.1 Å². The van der Waals surface area contributed by atoms with Gasteiger partial charge in [-0.05, 0) is 50.0 Å². The number of hydrogen-bond donors (Lipinski definition) is 1. The van der Waals surface area contributed by atoms with E-state index in [-0.39, 0.29) is 24.7 Å². The lowest BCUT2D eigenvalue weighted by Crippen LogP contribution is -2.35. The number of carbonyl (C=O) groups is 3. The number of aliphatic hydroxyl groups excluding tert-OH is 1. The third-order valence-corrected chi connectivity index (χ3v) is 5.62. The fourth-order valence-electron chi connectivity index (χ4n) is 3.88. The number of rotatable bonds is 6. The fourth-order valence-corrected chi connectivity index (χ4v) is 3.88. The molecule has 0 aliphatic carbocycles. The van der Waals surface area contributed by atoms with Gasteiger partial charge in [0.05, 0.1) is 24.3 Å². The number of likely N-dealkylation sites (tertiary alicyclic amines) is 1. The molecule has 1 unspecified atom stereocenters. The Labute approximate surface area is 190 Å². The first kappa shape index (κ1) is 22.3. The zero-order valence-corrected chi connectivity index (χ0v) is 18.5. The van der Waals surface area contributed by atoms with E-state index in [0.29, 0.717) is 34.7 Å². The van der Waals surface area contributed by atoms with Gasteiger partial charge in [0.25, 0.3) is 11.7 Å². The average Bonchev–Trinajstić information content (AvgIpc) is 3.39. The van der Waals surface area contributed by atoms with Gasteiger partial charge in [-0.15, -0.1) is 0 Å². The predicted octanol–water partition coefficient (Wildman–Crippen LogP) is 2.19. The van der Waals surface area contributed by atoms with Crippen molar-refractivity contribution in [1.29, 1.82) is 0 Å². The minimum atomic E-state index is -0.818. The Balaban J connectivity index is 1.80. The summed E-state index contributed by atoms with van der Waals surface area (Å²) in [7, 11) is 5.02. The van der Waals surface area contributed by atoms with Gasteiger partial charge in [0.15, 0.2) is 11.5 Å². The molecule has 1 fully saturated rings. The van der Waals surface area contributed by atoms with Gasteiger partial charge in [-0.3, -0.25) is 9.59 Å². The Kier molecular flexibility index (Phi) is 6.06. The molecule has 0 radical (unpaired) electrons. The maximum atomic E-state index is 13.1. The third kappa shape index (κ3) is 4.14. The summed E-state index contributed by atoms with van der Waals surface area (Å²) in [6.45, 7) is 0.869. The highest BCUT2D eigenvalue weighted by molar-refractivity contribution is 6.46. The topological polar surface area (TPSA) is 106 Å². The van der Waals surface area contributed by atoms with Crippen LogP contribution in [-0.2, 0) is 14.3 Å². The molecule has 0 saturated carbocycles. The minimum Gasteiger partial charge on any atom is -0.507 e. The molecule has 33 heavy (non-hydrogen) atoms. The standard InChI is InChI=1S/C24H24N2O7/c1-25(2)10-11-26-20(14-4-6-15(7-5-14)24(30)31-3)19(22(28)23(26)29)21(27)16-8-9-17-18(12-16)33-13-32-17/h4-9,12,20,27H,10-11,13H2,1-3H3/b21-19+. The summed E-state index contributed by atoms with van der Waals surface area (Å²) in [5.74, 6) is -1.29. The Morgan fingerprint density at radius 2 is 1.76 bits per heavy atom. The first-order valence-corrected chi connectivity index (χ1v) is 10.3. The van der Waals surface area contributed by atoms with E-state index in [4.69, 9.17) is 14.2 Å². The highest BCUT2D eigenvalue weighted by Gasteiger charge is 2.46. The molecule has 1 N–H and O–H groups in total. The Bertz CT molecular complexity index is 1140. The molecule has 0 aromatic heterocycles. The first-order valence-electron chi connectivity index (χ1n) is 10.3. The van der Waals surface area contributed by atoms with Crippen molar-refractivity contribution in [2.45, 2.75) is 6.04 Å². The highest BCUT2D eigenvalue weighted by Crippen LogP contribution is 2.41. The number of ether oxygens (including phenoxy) is 3. The minimum absolute atomic E-state index is 0.0246. The molecule has 0 spiro atoms. The molecule has 4 rings (SSSR count). The third-order valence-electron chi connectivity index (χ3n) is 5.62. The van der Waals surface area contributed by atoms with Crippen LogP contribution < -0.4 is 9.47 Å². The van der Waals surface area contributed by atoms with Crippen molar-refractivity contribution in [2.24, 2.45) is 0 Å². The highest BCUT2D eigenvalue weighted by atomic mass is 16.7. The van der Waals surface area contributed by atoms with Crippen LogP contribution in [0.25, 0.3) is 5.76 Å². The van der Waals surface area contributed by atoms with Gasteiger partial charge in [-0.25, -0.2) is 4.79 Å². The summed E-state index contributed by atoms with van der Waals surface area (Å²) in [6.07, 6.45) is 0. The van der Waals surface area contributed by atoms with Crippen molar-refractivity contribution in [1.82, 2.24) is 9.80 Å². The van der Waals surface area contributed by atoms with Gasteiger partial charge in [0, 0.05) is 18.7 Å². The second-order valence-corrected chi connectivity index (χ2v) is 7.98. The molecule has 9 heteroatoms. The van der Waals surface area contributed by atoms with Crippen LogP contribution in [0.5, 0.6) is 11.5 Å². The molecule has 2 aromatic rings.